The van der Waals surface area contributed by atoms with Gasteiger partial charge in [0, 0.05) is 19.0 Å². The standard InChI is InChI=1S/C15H19NO3/c1-11(7-8-12-5-3-2-4-6-12)16-10-13(15(18)19)9-14(16)17/h2-6,11,13H,7-10H2,1H3,(H,18,19)/t11-,13+/m0/s1. The minimum atomic E-state index is -0.869. The second-order valence-corrected chi connectivity index (χ2v) is 5.16. The number of carbonyl (C=O) groups excluding carboxylic acids is 1. The Balaban J connectivity index is 1.88. The van der Waals surface area contributed by atoms with Crippen molar-refractivity contribution >= 4 is 11.9 Å². The molecule has 19 heavy (non-hydrogen) atoms. The third-order valence-corrected chi connectivity index (χ3v) is 3.73. The first-order chi connectivity index (χ1) is 9.08. The lowest BCUT2D eigenvalue weighted by Gasteiger charge is -2.24. The second kappa shape index (κ2) is 5.87. The van der Waals surface area contributed by atoms with E-state index in [4.69, 9.17) is 5.11 Å². The van der Waals surface area contributed by atoms with Crippen molar-refractivity contribution < 1.29 is 14.7 Å². The number of rotatable bonds is 5. The van der Waals surface area contributed by atoms with E-state index in [1.54, 1.807) is 4.90 Å². The van der Waals surface area contributed by atoms with Crippen LogP contribution in [0.1, 0.15) is 25.3 Å². The Labute approximate surface area is 113 Å². The van der Waals surface area contributed by atoms with Crippen molar-refractivity contribution in [3.63, 3.8) is 0 Å². The molecule has 1 aliphatic heterocycles. The quantitative estimate of drug-likeness (QED) is 0.881. The zero-order valence-corrected chi connectivity index (χ0v) is 11.1. The summed E-state index contributed by atoms with van der Waals surface area (Å²) in [5.74, 6) is -1.44. The van der Waals surface area contributed by atoms with Crippen molar-refractivity contribution in [1.82, 2.24) is 4.90 Å². The number of benzene rings is 1. The fourth-order valence-corrected chi connectivity index (χ4v) is 2.50. The summed E-state index contributed by atoms with van der Waals surface area (Å²) in [5.41, 5.74) is 1.25. The summed E-state index contributed by atoms with van der Waals surface area (Å²) in [7, 11) is 0. The smallest absolute Gasteiger partial charge is 0.308 e. The fraction of sp³-hybridized carbons (Fsp3) is 0.467. The lowest BCUT2D eigenvalue weighted by Crippen LogP contribution is -2.35. The number of hydrogen-bond acceptors (Lipinski definition) is 2. The van der Waals surface area contributed by atoms with E-state index in [2.05, 4.69) is 12.1 Å². The van der Waals surface area contributed by atoms with E-state index < -0.39 is 11.9 Å². The molecular formula is C15H19NO3. The molecule has 2 atom stereocenters. The number of carboxylic acids is 1. The van der Waals surface area contributed by atoms with Crippen LogP contribution in [0.2, 0.25) is 0 Å². The molecule has 0 aliphatic carbocycles. The Bertz CT molecular complexity index is 458. The highest BCUT2D eigenvalue weighted by molar-refractivity contribution is 5.86. The molecule has 2 rings (SSSR count). The van der Waals surface area contributed by atoms with Crippen molar-refractivity contribution in [2.24, 2.45) is 5.92 Å². The van der Waals surface area contributed by atoms with Crippen LogP contribution >= 0.6 is 0 Å². The van der Waals surface area contributed by atoms with Crippen molar-refractivity contribution in [2.75, 3.05) is 6.54 Å². The summed E-state index contributed by atoms with van der Waals surface area (Å²) in [6.45, 7) is 2.34. The Kier molecular flexibility index (Phi) is 4.20. The molecular weight excluding hydrogens is 242 g/mol. The highest BCUT2D eigenvalue weighted by atomic mass is 16.4. The van der Waals surface area contributed by atoms with Gasteiger partial charge in [0.15, 0.2) is 0 Å². The van der Waals surface area contributed by atoms with Crippen LogP contribution in [0, 0.1) is 5.92 Å². The molecule has 1 aromatic carbocycles. The summed E-state index contributed by atoms with van der Waals surface area (Å²) in [6.07, 6.45) is 1.91. The first kappa shape index (κ1) is 13.6. The van der Waals surface area contributed by atoms with Crippen LogP contribution < -0.4 is 0 Å². The van der Waals surface area contributed by atoms with Gasteiger partial charge in [-0.1, -0.05) is 30.3 Å². The molecule has 1 saturated heterocycles. The van der Waals surface area contributed by atoms with E-state index in [1.165, 1.54) is 5.56 Å². The molecule has 102 valence electrons. The van der Waals surface area contributed by atoms with Gasteiger partial charge >= 0.3 is 5.97 Å². The molecule has 0 unspecified atom stereocenters. The maximum absolute atomic E-state index is 11.8. The molecule has 0 radical (unpaired) electrons. The van der Waals surface area contributed by atoms with Crippen LogP contribution in [0.25, 0.3) is 0 Å². The minimum absolute atomic E-state index is 0.0343. The maximum atomic E-state index is 11.8. The van der Waals surface area contributed by atoms with Crippen molar-refractivity contribution in [3.8, 4) is 0 Å². The topological polar surface area (TPSA) is 57.6 Å². The summed E-state index contributed by atoms with van der Waals surface area (Å²) < 4.78 is 0. The van der Waals surface area contributed by atoms with E-state index in [0.29, 0.717) is 6.54 Å². The van der Waals surface area contributed by atoms with Gasteiger partial charge in [0.1, 0.15) is 0 Å². The van der Waals surface area contributed by atoms with Crippen molar-refractivity contribution in [2.45, 2.75) is 32.2 Å². The maximum Gasteiger partial charge on any atom is 0.308 e. The van der Waals surface area contributed by atoms with Crippen LogP contribution in [-0.2, 0) is 16.0 Å². The SMILES string of the molecule is C[C@@H](CCc1ccccc1)N1C[C@H](C(=O)O)CC1=O. The minimum Gasteiger partial charge on any atom is -0.481 e. The summed E-state index contributed by atoms with van der Waals surface area (Å²) in [5, 5.41) is 8.96. The van der Waals surface area contributed by atoms with Gasteiger partial charge in [-0.25, -0.2) is 0 Å². The zero-order valence-electron chi connectivity index (χ0n) is 11.1. The Morgan fingerprint density at radius 2 is 2.11 bits per heavy atom. The van der Waals surface area contributed by atoms with E-state index in [9.17, 15) is 9.59 Å². The summed E-state index contributed by atoms with van der Waals surface area (Å²) in [6, 6.07) is 10.2. The second-order valence-electron chi connectivity index (χ2n) is 5.16. The van der Waals surface area contributed by atoms with E-state index >= 15 is 0 Å². The molecule has 0 saturated carbocycles. The van der Waals surface area contributed by atoms with E-state index in [-0.39, 0.29) is 18.4 Å². The number of carboxylic acid groups (broad SMARTS) is 1. The van der Waals surface area contributed by atoms with Crippen molar-refractivity contribution in [1.29, 1.82) is 0 Å². The largest absolute Gasteiger partial charge is 0.481 e. The van der Waals surface area contributed by atoms with Gasteiger partial charge < -0.3 is 10.0 Å². The third kappa shape index (κ3) is 3.34. The molecule has 1 heterocycles. The summed E-state index contributed by atoms with van der Waals surface area (Å²) in [4.78, 5) is 24.4. The lowest BCUT2D eigenvalue weighted by atomic mass is 10.1. The Hall–Kier alpha value is -1.84. The number of nitrogens with zero attached hydrogens (tertiary/aromatic N) is 1. The third-order valence-electron chi connectivity index (χ3n) is 3.73. The first-order valence-corrected chi connectivity index (χ1v) is 6.64. The number of amides is 1. The van der Waals surface area contributed by atoms with Gasteiger partial charge in [0.2, 0.25) is 5.91 Å². The first-order valence-electron chi connectivity index (χ1n) is 6.64. The molecule has 0 spiro atoms. The average molecular weight is 261 g/mol. The van der Waals surface area contributed by atoms with Gasteiger partial charge in [-0.15, -0.1) is 0 Å². The monoisotopic (exact) mass is 261 g/mol. The van der Waals surface area contributed by atoms with Gasteiger partial charge in [-0.05, 0) is 25.3 Å². The highest BCUT2D eigenvalue weighted by Crippen LogP contribution is 2.22. The molecule has 1 N–H and O–H groups in total. The predicted octanol–water partition coefficient (Wildman–Crippen LogP) is 1.94. The van der Waals surface area contributed by atoms with Crippen LogP contribution in [-0.4, -0.2) is 34.5 Å². The number of aliphatic carboxylic acids is 1. The number of carbonyl (C=O) groups is 2. The van der Waals surface area contributed by atoms with E-state index in [0.717, 1.165) is 12.8 Å². The number of likely N-dealkylation sites (tertiary alicyclic amines) is 1. The molecule has 4 heteroatoms. The van der Waals surface area contributed by atoms with Crippen molar-refractivity contribution in [3.05, 3.63) is 35.9 Å². The van der Waals surface area contributed by atoms with Crippen LogP contribution in [0.4, 0.5) is 0 Å². The molecule has 0 bridgehead atoms. The highest BCUT2D eigenvalue weighted by Gasteiger charge is 2.36. The van der Waals surface area contributed by atoms with Gasteiger partial charge in [0.05, 0.1) is 5.92 Å². The zero-order chi connectivity index (χ0) is 13.8. The van der Waals surface area contributed by atoms with Crippen LogP contribution in [0.15, 0.2) is 30.3 Å². The molecule has 1 amide bonds. The van der Waals surface area contributed by atoms with Gasteiger partial charge in [-0.3, -0.25) is 9.59 Å². The van der Waals surface area contributed by atoms with Crippen LogP contribution in [0.5, 0.6) is 0 Å². The molecule has 4 nitrogen and oxygen atoms in total. The van der Waals surface area contributed by atoms with Crippen LogP contribution in [0.3, 0.4) is 0 Å². The predicted molar refractivity (Wildman–Crippen MR) is 71.7 cm³/mol. The molecule has 1 aliphatic rings. The molecule has 0 aromatic heterocycles. The molecule has 1 fully saturated rings. The number of aryl methyl sites for hydroxylation is 1. The fourth-order valence-electron chi connectivity index (χ4n) is 2.50. The normalized spacial score (nSPS) is 20.6. The van der Waals surface area contributed by atoms with E-state index in [1.807, 2.05) is 25.1 Å². The Morgan fingerprint density at radius 1 is 1.42 bits per heavy atom. The van der Waals surface area contributed by atoms with Gasteiger partial charge in [-0.2, -0.15) is 0 Å². The Morgan fingerprint density at radius 3 is 2.68 bits per heavy atom. The summed E-state index contributed by atoms with van der Waals surface area (Å²) >= 11 is 0. The molecule has 1 aromatic rings. The lowest BCUT2D eigenvalue weighted by molar-refractivity contribution is -0.141. The number of hydrogen-bond donors (Lipinski definition) is 1. The van der Waals surface area contributed by atoms with Gasteiger partial charge in [0.25, 0.3) is 0 Å². The average Bonchev–Trinajstić information content (AvgIpc) is 2.80.